The molecule has 1 rings (SSSR count). The minimum atomic E-state index is -3.04. The maximum atomic E-state index is 11.0. The first-order chi connectivity index (χ1) is 7.92. The lowest BCUT2D eigenvalue weighted by molar-refractivity contribution is 0.137. The number of amides is 1. The van der Waals surface area contributed by atoms with Gasteiger partial charge in [-0.25, -0.2) is 13.2 Å². The molecule has 1 saturated heterocycles. The van der Waals surface area contributed by atoms with Gasteiger partial charge in [-0.3, -0.25) is 4.84 Å². The lowest BCUT2D eigenvalue weighted by Gasteiger charge is -2.07. The maximum absolute atomic E-state index is 11.0. The van der Waals surface area contributed by atoms with Gasteiger partial charge in [-0.1, -0.05) is 16.9 Å². The highest BCUT2D eigenvalue weighted by Crippen LogP contribution is 2.23. The molecule has 1 unspecified atom stereocenters. The van der Waals surface area contributed by atoms with Gasteiger partial charge in [-0.15, -0.1) is 0 Å². The molecule has 1 N–H and O–H groups in total. The first kappa shape index (κ1) is 14.3. The van der Waals surface area contributed by atoms with Crippen molar-refractivity contribution in [3.8, 4) is 0 Å². The molecule has 0 saturated carbocycles. The summed E-state index contributed by atoms with van der Waals surface area (Å²) in [5.41, 5.74) is 0. The molecule has 17 heavy (non-hydrogen) atoms. The van der Waals surface area contributed by atoms with Crippen LogP contribution in [0.2, 0.25) is 0 Å². The van der Waals surface area contributed by atoms with Crippen LogP contribution in [0.5, 0.6) is 0 Å². The lowest BCUT2D eigenvalue weighted by Crippen LogP contribution is -2.21. The Hall–Kier alpha value is -0.800. The van der Waals surface area contributed by atoms with E-state index >= 15 is 0 Å². The second kappa shape index (κ2) is 6.22. The van der Waals surface area contributed by atoms with Crippen LogP contribution in [0.25, 0.3) is 0 Å². The van der Waals surface area contributed by atoms with E-state index in [4.69, 9.17) is 4.74 Å². The van der Waals surface area contributed by atoms with Crippen LogP contribution in [0.15, 0.2) is 5.16 Å². The van der Waals surface area contributed by atoms with Gasteiger partial charge in [0.15, 0.2) is 0 Å². The van der Waals surface area contributed by atoms with Crippen LogP contribution in [-0.2, 0) is 19.4 Å². The number of ether oxygens (including phenoxy) is 1. The summed E-state index contributed by atoms with van der Waals surface area (Å²) in [7, 11) is -1.62. The predicted molar refractivity (Wildman–Crippen MR) is 64.6 cm³/mol. The average Bonchev–Trinajstić information content (AvgIpc) is 2.69. The Morgan fingerprint density at radius 1 is 1.71 bits per heavy atom. The van der Waals surface area contributed by atoms with Gasteiger partial charge in [0.25, 0.3) is 0 Å². The number of nitrogens with zero attached hydrogens (tertiary/aromatic N) is 1. The number of hydrogen-bond donors (Lipinski definition) is 1. The Labute approximate surface area is 104 Å². The number of rotatable bonds is 4. The van der Waals surface area contributed by atoms with Gasteiger partial charge in [0, 0.05) is 13.3 Å². The van der Waals surface area contributed by atoms with Crippen LogP contribution in [-0.4, -0.2) is 50.7 Å². The summed E-state index contributed by atoms with van der Waals surface area (Å²) < 4.78 is 27.3. The smallest absolute Gasteiger partial charge is 0.360 e. The molecule has 9 heteroatoms. The van der Waals surface area contributed by atoms with Gasteiger partial charge in [0.2, 0.25) is 0 Å². The van der Waals surface area contributed by atoms with Gasteiger partial charge < -0.3 is 10.1 Å². The summed E-state index contributed by atoms with van der Waals surface area (Å²) >= 11 is 1.28. The van der Waals surface area contributed by atoms with Crippen molar-refractivity contribution < 1.29 is 22.8 Å². The quantitative estimate of drug-likeness (QED) is 0.584. The first-order valence-corrected chi connectivity index (χ1v) is 7.85. The molecule has 1 fully saturated rings. The van der Waals surface area contributed by atoms with E-state index in [0.717, 1.165) is 6.26 Å². The van der Waals surface area contributed by atoms with E-state index in [1.807, 2.05) is 0 Å². The lowest BCUT2D eigenvalue weighted by atomic mass is 10.3. The normalized spacial score (nSPS) is 22.7. The van der Waals surface area contributed by atoms with Crippen LogP contribution in [0, 0.1) is 0 Å². The van der Waals surface area contributed by atoms with Crippen molar-refractivity contribution in [2.75, 3.05) is 25.0 Å². The molecule has 98 valence electrons. The monoisotopic (exact) mass is 282 g/mol. The van der Waals surface area contributed by atoms with E-state index in [1.165, 1.54) is 18.8 Å². The minimum Gasteiger partial charge on any atom is -0.360 e. The third-order valence-electron chi connectivity index (χ3n) is 1.92. The molecule has 1 aliphatic heterocycles. The summed E-state index contributed by atoms with van der Waals surface area (Å²) in [5.74, 6) is 0.390. The fraction of sp³-hybridized carbons (Fsp3) is 0.750. The molecular formula is C8H14N2O5S2. The van der Waals surface area contributed by atoms with Crippen molar-refractivity contribution >= 4 is 32.7 Å². The first-order valence-electron chi connectivity index (χ1n) is 4.81. The average molecular weight is 282 g/mol. The predicted octanol–water partition coefficient (Wildman–Crippen LogP) is 0.180. The Morgan fingerprint density at radius 2 is 2.41 bits per heavy atom. The van der Waals surface area contributed by atoms with E-state index in [0.29, 0.717) is 17.4 Å². The third-order valence-corrected chi connectivity index (χ3v) is 3.79. The summed E-state index contributed by atoms with van der Waals surface area (Å²) in [4.78, 5) is 15.3. The number of oxime groups is 1. The molecule has 0 aromatic rings. The zero-order chi connectivity index (χ0) is 12.9. The van der Waals surface area contributed by atoms with Crippen molar-refractivity contribution in [1.82, 2.24) is 5.32 Å². The fourth-order valence-electron chi connectivity index (χ4n) is 1.09. The molecule has 1 atom stereocenters. The van der Waals surface area contributed by atoms with E-state index in [9.17, 15) is 13.2 Å². The maximum Gasteiger partial charge on any atom is 0.433 e. The molecule has 0 bridgehead atoms. The standard InChI is InChI=1S/C8H14N2O5S2/c1-9-8(11)15-10-7-6(14-5-16-7)3-4-17(2,12)13/h6H,3-5H2,1-2H3,(H,9,11). The van der Waals surface area contributed by atoms with Crippen LogP contribution in [0.1, 0.15) is 6.42 Å². The highest BCUT2D eigenvalue weighted by Gasteiger charge is 2.26. The van der Waals surface area contributed by atoms with Crippen molar-refractivity contribution in [1.29, 1.82) is 0 Å². The summed E-state index contributed by atoms with van der Waals surface area (Å²) in [6.07, 6.45) is 0.376. The van der Waals surface area contributed by atoms with Crippen molar-refractivity contribution in [2.45, 2.75) is 12.5 Å². The van der Waals surface area contributed by atoms with E-state index < -0.39 is 22.0 Å². The van der Waals surface area contributed by atoms with Gasteiger partial charge in [0.05, 0.1) is 11.7 Å². The van der Waals surface area contributed by atoms with Crippen molar-refractivity contribution in [3.05, 3.63) is 0 Å². The Balaban J connectivity index is 2.51. The minimum absolute atomic E-state index is 0.0111. The van der Waals surface area contributed by atoms with Crippen molar-refractivity contribution in [2.24, 2.45) is 5.16 Å². The Morgan fingerprint density at radius 3 is 3.00 bits per heavy atom. The number of hydrogen-bond acceptors (Lipinski definition) is 7. The molecule has 7 nitrogen and oxygen atoms in total. The van der Waals surface area contributed by atoms with Crippen LogP contribution >= 0.6 is 11.8 Å². The number of carbonyl (C=O) groups excluding carboxylic acids is 1. The number of thioether (sulfide) groups is 1. The number of sulfone groups is 1. The van der Waals surface area contributed by atoms with E-state index in [1.54, 1.807) is 0 Å². The van der Waals surface area contributed by atoms with Gasteiger partial charge in [-0.2, -0.15) is 0 Å². The molecule has 0 aromatic carbocycles. The molecule has 1 aliphatic rings. The molecule has 0 spiro atoms. The second-order valence-corrected chi connectivity index (χ2v) is 6.60. The number of nitrogens with one attached hydrogen (secondary N) is 1. The Kier molecular flexibility index (Phi) is 5.22. The molecular weight excluding hydrogens is 268 g/mol. The fourth-order valence-corrected chi connectivity index (χ4v) is 2.54. The topological polar surface area (TPSA) is 94.1 Å². The summed E-state index contributed by atoms with van der Waals surface area (Å²) in [6, 6.07) is 0. The summed E-state index contributed by atoms with van der Waals surface area (Å²) in [6.45, 7) is 0. The molecule has 0 aliphatic carbocycles. The number of carbonyl (C=O) groups is 1. The van der Waals surface area contributed by atoms with E-state index in [2.05, 4.69) is 15.3 Å². The van der Waals surface area contributed by atoms with Gasteiger partial charge in [-0.05, 0) is 6.42 Å². The molecule has 1 amide bonds. The highest BCUT2D eigenvalue weighted by molar-refractivity contribution is 8.14. The van der Waals surface area contributed by atoms with Gasteiger partial charge >= 0.3 is 6.09 Å². The van der Waals surface area contributed by atoms with Crippen molar-refractivity contribution in [3.63, 3.8) is 0 Å². The van der Waals surface area contributed by atoms with Crippen LogP contribution in [0.4, 0.5) is 4.79 Å². The molecule has 0 aromatic heterocycles. The highest BCUT2D eigenvalue weighted by atomic mass is 32.2. The van der Waals surface area contributed by atoms with E-state index in [-0.39, 0.29) is 5.75 Å². The summed E-state index contributed by atoms with van der Waals surface area (Å²) in [5, 5.41) is 6.35. The zero-order valence-electron chi connectivity index (χ0n) is 9.50. The largest absolute Gasteiger partial charge is 0.433 e. The molecule has 1 heterocycles. The second-order valence-electron chi connectivity index (χ2n) is 3.39. The Bertz CT molecular complexity index is 406. The van der Waals surface area contributed by atoms with Gasteiger partial charge in [0.1, 0.15) is 21.0 Å². The van der Waals surface area contributed by atoms with Crippen LogP contribution < -0.4 is 5.32 Å². The SMILES string of the molecule is CNC(=O)ON=C1SCOC1CCS(C)(=O)=O. The third kappa shape index (κ3) is 5.37. The molecule has 0 radical (unpaired) electrons. The van der Waals surface area contributed by atoms with Crippen LogP contribution in [0.3, 0.4) is 0 Å². The zero-order valence-corrected chi connectivity index (χ0v) is 11.1.